The Morgan fingerprint density at radius 1 is 1.65 bits per heavy atom. The molecule has 0 spiro atoms. The summed E-state index contributed by atoms with van der Waals surface area (Å²) in [5, 5.41) is 3.83. The van der Waals surface area contributed by atoms with Gasteiger partial charge in [0, 0.05) is 32.3 Å². The van der Waals surface area contributed by atoms with Crippen LogP contribution in [0.25, 0.3) is 0 Å². The van der Waals surface area contributed by atoms with Gasteiger partial charge in [0.15, 0.2) is 11.5 Å². The predicted molar refractivity (Wildman–Crippen MR) is 74.1 cm³/mol. The summed E-state index contributed by atoms with van der Waals surface area (Å²) in [6.07, 6.45) is 3.14. The van der Waals surface area contributed by atoms with Crippen LogP contribution in [0.4, 0.5) is 0 Å². The van der Waals surface area contributed by atoms with Gasteiger partial charge in [-0.15, -0.1) is 0 Å². The van der Waals surface area contributed by atoms with Crippen molar-refractivity contribution in [2.75, 3.05) is 20.2 Å². The molecule has 6 nitrogen and oxygen atoms in total. The molecule has 0 radical (unpaired) electrons. The summed E-state index contributed by atoms with van der Waals surface area (Å²) in [7, 11) is 1.57. The summed E-state index contributed by atoms with van der Waals surface area (Å²) in [6.45, 7) is 3.74. The molecule has 2 rings (SSSR count). The van der Waals surface area contributed by atoms with E-state index in [0.717, 1.165) is 25.8 Å². The fourth-order valence-corrected chi connectivity index (χ4v) is 2.77. The minimum Gasteiger partial charge on any atom is -0.377 e. The number of carbonyl (C=O) groups excluding carboxylic acids is 1. The SMILES string of the molecule is CCC1CCN(C(=O)c2cc(COC)on2)C(CN)C1. The highest BCUT2D eigenvalue weighted by molar-refractivity contribution is 5.92. The number of nitrogens with zero attached hydrogens (tertiary/aromatic N) is 2. The quantitative estimate of drug-likeness (QED) is 0.882. The molecule has 0 saturated carbocycles. The molecule has 1 aromatic heterocycles. The average Bonchev–Trinajstić information content (AvgIpc) is 2.94. The van der Waals surface area contributed by atoms with Crippen molar-refractivity contribution < 1.29 is 14.1 Å². The Balaban J connectivity index is 2.06. The Kier molecular flexibility index (Phi) is 5.14. The van der Waals surface area contributed by atoms with Crippen LogP contribution in [0.5, 0.6) is 0 Å². The normalized spacial score (nSPS) is 23.1. The molecule has 0 aliphatic carbocycles. The fourth-order valence-electron chi connectivity index (χ4n) is 2.77. The second-order valence-electron chi connectivity index (χ2n) is 5.30. The summed E-state index contributed by atoms with van der Waals surface area (Å²) in [6, 6.07) is 1.74. The zero-order valence-corrected chi connectivity index (χ0v) is 12.2. The number of amides is 1. The second kappa shape index (κ2) is 6.85. The first kappa shape index (κ1) is 15.0. The topological polar surface area (TPSA) is 81.6 Å². The molecule has 1 fully saturated rings. The van der Waals surface area contributed by atoms with Crippen LogP contribution in [0.3, 0.4) is 0 Å². The average molecular weight is 281 g/mol. The number of aromatic nitrogens is 1. The molecule has 0 bridgehead atoms. The van der Waals surface area contributed by atoms with E-state index in [1.54, 1.807) is 13.2 Å². The maximum Gasteiger partial charge on any atom is 0.276 e. The molecule has 1 aliphatic rings. The van der Waals surface area contributed by atoms with Crippen molar-refractivity contribution in [3.8, 4) is 0 Å². The molecule has 2 heterocycles. The zero-order valence-electron chi connectivity index (χ0n) is 12.2. The van der Waals surface area contributed by atoms with E-state index in [0.29, 0.717) is 30.5 Å². The molecule has 6 heteroatoms. The van der Waals surface area contributed by atoms with Crippen LogP contribution in [0.1, 0.15) is 42.4 Å². The molecule has 1 aliphatic heterocycles. The summed E-state index contributed by atoms with van der Waals surface area (Å²) in [5.41, 5.74) is 6.16. The summed E-state index contributed by atoms with van der Waals surface area (Å²) in [5.74, 6) is 1.12. The third kappa shape index (κ3) is 3.19. The largest absolute Gasteiger partial charge is 0.377 e. The number of piperidine rings is 1. The maximum atomic E-state index is 12.5. The number of ether oxygens (including phenoxy) is 1. The van der Waals surface area contributed by atoms with E-state index in [4.69, 9.17) is 15.0 Å². The molecule has 20 heavy (non-hydrogen) atoms. The van der Waals surface area contributed by atoms with Crippen LogP contribution in [0.15, 0.2) is 10.6 Å². The number of nitrogens with two attached hydrogens (primary N) is 1. The summed E-state index contributed by atoms with van der Waals surface area (Å²) >= 11 is 0. The number of hydrogen-bond acceptors (Lipinski definition) is 5. The van der Waals surface area contributed by atoms with Gasteiger partial charge in [0.2, 0.25) is 0 Å². The molecule has 1 amide bonds. The number of rotatable bonds is 5. The Morgan fingerprint density at radius 2 is 2.45 bits per heavy atom. The maximum absolute atomic E-state index is 12.5. The lowest BCUT2D eigenvalue weighted by Crippen LogP contribution is -2.49. The highest BCUT2D eigenvalue weighted by Gasteiger charge is 2.31. The van der Waals surface area contributed by atoms with Gasteiger partial charge in [0.05, 0.1) is 0 Å². The van der Waals surface area contributed by atoms with Gasteiger partial charge in [-0.05, 0) is 18.8 Å². The molecule has 2 atom stereocenters. The third-order valence-electron chi connectivity index (χ3n) is 4.00. The molecule has 112 valence electrons. The predicted octanol–water partition coefficient (Wildman–Crippen LogP) is 1.41. The highest BCUT2D eigenvalue weighted by atomic mass is 16.5. The molecule has 2 unspecified atom stereocenters. The smallest absolute Gasteiger partial charge is 0.276 e. The minimum atomic E-state index is -0.0962. The first-order valence-corrected chi connectivity index (χ1v) is 7.15. The standard InChI is InChI=1S/C14H23N3O3/c1-3-10-4-5-17(11(6-10)8-15)14(18)13-7-12(9-19-2)20-16-13/h7,10-11H,3-6,8-9,15H2,1-2H3. The van der Waals surface area contributed by atoms with Gasteiger partial charge in [0.25, 0.3) is 5.91 Å². The third-order valence-corrected chi connectivity index (χ3v) is 4.00. The zero-order chi connectivity index (χ0) is 14.5. The molecule has 2 N–H and O–H groups in total. The number of methoxy groups -OCH3 is 1. The van der Waals surface area contributed by atoms with Gasteiger partial charge in [-0.1, -0.05) is 18.5 Å². The first-order valence-electron chi connectivity index (χ1n) is 7.15. The van der Waals surface area contributed by atoms with E-state index in [2.05, 4.69) is 12.1 Å². The van der Waals surface area contributed by atoms with Crippen molar-refractivity contribution >= 4 is 5.91 Å². The van der Waals surface area contributed by atoms with Gasteiger partial charge in [0.1, 0.15) is 6.61 Å². The van der Waals surface area contributed by atoms with E-state index < -0.39 is 0 Å². The molecule has 1 saturated heterocycles. The van der Waals surface area contributed by atoms with Crippen LogP contribution in [-0.4, -0.2) is 42.2 Å². The Hall–Kier alpha value is -1.40. The monoisotopic (exact) mass is 281 g/mol. The molecular formula is C14H23N3O3. The second-order valence-corrected chi connectivity index (χ2v) is 5.30. The van der Waals surface area contributed by atoms with Crippen molar-refractivity contribution in [2.45, 2.75) is 38.8 Å². The van der Waals surface area contributed by atoms with E-state index in [9.17, 15) is 4.79 Å². The van der Waals surface area contributed by atoms with Gasteiger partial charge in [-0.3, -0.25) is 4.79 Å². The van der Waals surface area contributed by atoms with Crippen LogP contribution in [0.2, 0.25) is 0 Å². The van der Waals surface area contributed by atoms with Crippen molar-refractivity contribution in [2.24, 2.45) is 11.7 Å². The summed E-state index contributed by atoms with van der Waals surface area (Å²) in [4.78, 5) is 14.3. The fraction of sp³-hybridized carbons (Fsp3) is 0.714. The number of likely N-dealkylation sites (tertiary alicyclic amines) is 1. The highest BCUT2D eigenvalue weighted by Crippen LogP contribution is 2.26. The van der Waals surface area contributed by atoms with Crippen molar-refractivity contribution in [1.29, 1.82) is 0 Å². The van der Waals surface area contributed by atoms with Gasteiger partial charge >= 0.3 is 0 Å². The van der Waals surface area contributed by atoms with Crippen molar-refractivity contribution in [3.63, 3.8) is 0 Å². The van der Waals surface area contributed by atoms with Gasteiger partial charge in [-0.2, -0.15) is 0 Å². The minimum absolute atomic E-state index is 0.0962. The lowest BCUT2D eigenvalue weighted by Gasteiger charge is -2.38. The van der Waals surface area contributed by atoms with Gasteiger partial charge < -0.3 is 19.9 Å². The van der Waals surface area contributed by atoms with E-state index in [-0.39, 0.29) is 11.9 Å². The Morgan fingerprint density at radius 3 is 3.10 bits per heavy atom. The number of carbonyl (C=O) groups is 1. The number of hydrogen-bond donors (Lipinski definition) is 1. The Bertz CT molecular complexity index is 447. The van der Waals surface area contributed by atoms with E-state index in [1.165, 1.54) is 0 Å². The lowest BCUT2D eigenvalue weighted by molar-refractivity contribution is 0.0548. The lowest BCUT2D eigenvalue weighted by atomic mass is 9.88. The van der Waals surface area contributed by atoms with Crippen LogP contribution in [-0.2, 0) is 11.3 Å². The van der Waals surface area contributed by atoms with Crippen molar-refractivity contribution in [1.82, 2.24) is 10.1 Å². The summed E-state index contributed by atoms with van der Waals surface area (Å²) < 4.78 is 10.0. The van der Waals surface area contributed by atoms with Crippen LogP contribution >= 0.6 is 0 Å². The van der Waals surface area contributed by atoms with Crippen LogP contribution < -0.4 is 5.73 Å². The molecule has 1 aromatic rings. The molecule has 0 aromatic carbocycles. The van der Waals surface area contributed by atoms with Crippen LogP contribution in [0, 0.1) is 5.92 Å². The van der Waals surface area contributed by atoms with Crippen molar-refractivity contribution in [3.05, 3.63) is 17.5 Å². The molecular weight excluding hydrogens is 258 g/mol. The van der Waals surface area contributed by atoms with Gasteiger partial charge in [-0.25, -0.2) is 0 Å². The van der Waals surface area contributed by atoms with E-state index >= 15 is 0 Å². The first-order chi connectivity index (χ1) is 9.69. The Labute approximate surface area is 119 Å². The van der Waals surface area contributed by atoms with E-state index in [1.807, 2.05) is 4.90 Å².